The van der Waals surface area contributed by atoms with Crippen LogP contribution in [0.2, 0.25) is 0 Å². The number of hydrogen-bond acceptors (Lipinski definition) is 3. The zero-order chi connectivity index (χ0) is 9.73. The van der Waals surface area contributed by atoms with Crippen molar-refractivity contribution in [3.8, 4) is 0 Å². The van der Waals surface area contributed by atoms with Crippen LogP contribution in [0.15, 0.2) is 0 Å². The van der Waals surface area contributed by atoms with E-state index in [1.165, 1.54) is 6.42 Å². The van der Waals surface area contributed by atoms with Gasteiger partial charge in [-0.25, -0.2) is 9.86 Å². The second kappa shape index (κ2) is 4.90. The first kappa shape index (κ1) is 10.9. The minimum absolute atomic E-state index is 0.197. The minimum Gasteiger partial charge on any atom is -0.378 e. The van der Waals surface area contributed by atoms with Crippen LogP contribution in [0.1, 0.15) is 25.7 Å². The van der Waals surface area contributed by atoms with E-state index >= 15 is 0 Å². The Kier molecular flexibility index (Phi) is 4.11. The van der Waals surface area contributed by atoms with Crippen molar-refractivity contribution < 1.29 is 13.2 Å². The smallest absolute Gasteiger partial charge is 0.274 e. The Morgan fingerprint density at radius 2 is 2.23 bits per heavy atom. The van der Waals surface area contributed by atoms with Gasteiger partial charge in [0.05, 0.1) is 6.10 Å². The summed E-state index contributed by atoms with van der Waals surface area (Å²) in [4.78, 5) is 0. The Labute approximate surface area is 78.8 Å². The van der Waals surface area contributed by atoms with Gasteiger partial charge in [-0.15, -0.1) is 0 Å². The van der Waals surface area contributed by atoms with Gasteiger partial charge in [-0.3, -0.25) is 0 Å². The SMILES string of the molecule is NS(=O)(=O)NCCC1CCCCO1. The molecule has 5 nitrogen and oxygen atoms in total. The molecule has 1 fully saturated rings. The summed E-state index contributed by atoms with van der Waals surface area (Å²) in [6.07, 6.45) is 4.20. The van der Waals surface area contributed by atoms with Gasteiger partial charge in [0.25, 0.3) is 10.2 Å². The third-order valence-electron chi connectivity index (χ3n) is 2.04. The normalized spacial score (nSPS) is 24.5. The molecule has 1 rings (SSSR count). The molecule has 0 aliphatic carbocycles. The maximum Gasteiger partial charge on any atom is 0.274 e. The van der Waals surface area contributed by atoms with Crippen LogP contribution in [-0.2, 0) is 14.9 Å². The van der Waals surface area contributed by atoms with E-state index in [1.807, 2.05) is 0 Å². The highest BCUT2D eigenvalue weighted by Gasteiger charge is 2.13. The fourth-order valence-electron chi connectivity index (χ4n) is 1.40. The van der Waals surface area contributed by atoms with Crippen molar-refractivity contribution in [2.45, 2.75) is 31.8 Å². The van der Waals surface area contributed by atoms with Gasteiger partial charge < -0.3 is 4.74 Å². The molecule has 1 atom stereocenters. The predicted octanol–water partition coefficient (Wildman–Crippen LogP) is -0.261. The van der Waals surface area contributed by atoms with Crippen molar-refractivity contribution in [1.82, 2.24) is 4.72 Å². The van der Waals surface area contributed by atoms with E-state index in [9.17, 15) is 8.42 Å². The van der Waals surface area contributed by atoms with Gasteiger partial charge in [0.1, 0.15) is 0 Å². The van der Waals surface area contributed by atoms with E-state index in [4.69, 9.17) is 9.88 Å². The third kappa shape index (κ3) is 5.20. The number of nitrogens with two attached hydrogens (primary N) is 1. The average Bonchev–Trinajstić information content (AvgIpc) is 2.04. The Hall–Kier alpha value is -0.170. The topological polar surface area (TPSA) is 81.4 Å². The molecule has 0 aromatic heterocycles. The predicted molar refractivity (Wildman–Crippen MR) is 49.3 cm³/mol. The molecule has 1 saturated heterocycles. The fourth-order valence-corrected chi connectivity index (χ4v) is 1.80. The summed E-state index contributed by atoms with van der Waals surface area (Å²) < 4.78 is 28.7. The van der Waals surface area contributed by atoms with Crippen LogP contribution in [0.4, 0.5) is 0 Å². The highest BCUT2D eigenvalue weighted by Crippen LogP contribution is 2.14. The molecule has 1 aliphatic rings. The zero-order valence-electron chi connectivity index (χ0n) is 7.53. The lowest BCUT2D eigenvalue weighted by molar-refractivity contribution is 0.0123. The summed E-state index contributed by atoms with van der Waals surface area (Å²) in [5.41, 5.74) is 0. The van der Waals surface area contributed by atoms with Gasteiger partial charge in [0.2, 0.25) is 0 Å². The molecule has 0 saturated carbocycles. The summed E-state index contributed by atoms with van der Waals surface area (Å²) in [6, 6.07) is 0. The first-order valence-corrected chi connectivity index (χ1v) is 6.01. The van der Waals surface area contributed by atoms with Crippen molar-refractivity contribution in [2.75, 3.05) is 13.2 Å². The molecule has 13 heavy (non-hydrogen) atoms. The molecule has 1 aliphatic heterocycles. The molecule has 6 heteroatoms. The standard InChI is InChI=1S/C7H16N2O3S/c8-13(10,11)9-5-4-7-3-1-2-6-12-7/h7,9H,1-6H2,(H2,8,10,11). The lowest BCUT2D eigenvalue weighted by atomic mass is 10.1. The average molecular weight is 208 g/mol. The summed E-state index contributed by atoms with van der Waals surface area (Å²) in [5, 5.41) is 4.77. The highest BCUT2D eigenvalue weighted by molar-refractivity contribution is 7.87. The maximum absolute atomic E-state index is 10.5. The fraction of sp³-hybridized carbons (Fsp3) is 1.00. The second-order valence-electron chi connectivity index (χ2n) is 3.22. The van der Waals surface area contributed by atoms with Crippen LogP contribution in [0.3, 0.4) is 0 Å². The van der Waals surface area contributed by atoms with Gasteiger partial charge >= 0.3 is 0 Å². The number of hydrogen-bond donors (Lipinski definition) is 2. The van der Waals surface area contributed by atoms with Crippen molar-refractivity contribution in [3.63, 3.8) is 0 Å². The van der Waals surface area contributed by atoms with Crippen LogP contribution in [0.5, 0.6) is 0 Å². The van der Waals surface area contributed by atoms with Gasteiger partial charge in [0.15, 0.2) is 0 Å². The Morgan fingerprint density at radius 1 is 1.46 bits per heavy atom. The quantitative estimate of drug-likeness (QED) is 0.667. The van der Waals surface area contributed by atoms with Crippen LogP contribution in [0.25, 0.3) is 0 Å². The summed E-state index contributed by atoms with van der Waals surface area (Å²) in [6.45, 7) is 1.16. The van der Waals surface area contributed by atoms with Crippen LogP contribution >= 0.6 is 0 Å². The van der Waals surface area contributed by atoms with E-state index < -0.39 is 10.2 Å². The lowest BCUT2D eigenvalue weighted by Gasteiger charge is -2.22. The van der Waals surface area contributed by atoms with Crippen molar-refractivity contribution >= 4 is 10.2 Å². The van der Waals surface area contributed by atoms with Crippen LogP contribution < -0.4 is 9.86 Å². The molecule has 1 unspecified atom stereocenters. The summed E-state index contributed by atoms with van der Waals surface area (Å²) >= 11 is 0. The van der Waals surface area contributed by atoms with Crippen molar-refractivity contribution in [1.29, 1.82) is 0 Å². The van der Waals surface area contributed by atoms with E-state index in [-0.39, 0.29) is 6.10 Å². The Balaban J connectivity index is 2.11. The molecule has 78 valence electrons. The van der Waals surface area contributed by atoms with E-state index in [1.54, 1.807) is 0 Å². The van der Waals surface area contributed by atoms with Crippen molar-refractivity contribution in [2.24, 2.45) is 5.14 Å². The molecule has 0 radical (unpaired) electrons. The van der Waals surface area contributed by atoms with Gasteiger partial charge in [-0.2, -0.15) is 8.42 Å². The minimum atomic E-state index is -3.53. The van der Waals surface area contributed by atoms with Crippen LogP contribution in [0, 0.1) is 0 Å². The number of ether oxygens (including phenoxy) is 1. The molecule has 0 spiro atoms. The molecule has 0 aromatic carbocycles. The first-order chi connectivity index (χ1) is 6.08. The summed E-state index contributed by atoms with van der Waals surface area (Å²) in [5.74, 6) is 0. The molecule has 1 heterocycles. The lowest BCUT2D eigenvalue weighted by Crippen LogP contribution is -2.34. The molecule has 0 bridgehead atoms. The zero-order valence-corrected chi connectivity index (χ0v) is 8.35. The van der Waals surface area contributed by atoms with E-state index in [0.717, 1.165) is 19.4 Å². The highest BCUT2D eigenvalue weighted by atomic mass is 32.2. The Morgan fingerprint density at radius 3 is 2.77 bits per heavy atom. The van der Waals surface area contributed by atoms with Gasteiger partial charge in [-0.1, -0.05) is 0 Å². The molecule has 3 N–H and O–H groups in total. The molecular weight excluding hydrogens is 192 g/mol. The maximum atomic E-state index is 10.5. The molecular formula is C7H16N2O3S. The molecule has 0 aromatic rings. The van der Waals surface area contributed by atoms with Crippen LogP contribution in [-0.4, -0.2) is 27.7 Å². The van der Waals surface area contributed by atoms with Gasteiger partial charge in [0, 0.05) is 13.2 Å². The third-order valence-corrected chi connectivity index (χ3v) is 2.65. The van der Waals surface area contributed by atoms with E-state index in [0.29, 0.717) is 13.0 Å². The number of rotatable bonds is 4. The van der Waals surface area contributed by atoms with E-state index in [2.05, 4.69) is 4.72 Å². The Bertz CT molecular complexity index is 234. The van der Waals surface area contributed by atoms with Crippen molar-refractivity contribution in [3.05, 3.63) is 0 Å². The monoisotopic (exact) mass is 208 g/mol. The van der Waals surface area contributed by atoms with Gasteiger partial charge in [-0.05, 0) is 25.7 Å². The summed E-state index contributed by atoms with van der Waals surface area (Å²) in [7, 11) is -3.53. The first-order valence-electron chi connectivity index (χ1n) is 4.47. The molecule has 0 amide bonds. The number of nitrogens with one attached hydrogen (secondary N) is 1. The largest absolute Gasteiger partial charge is 0.378 e. The second-order valence-corrected chi connectivity index (χ2v) is 4.60.